The van der Waals surface area contributed by atoms with Crippen molar-refractivity contribution in [1.82, 2.24) is 0 Å². The van der Waals surface area contributed by atoms with Crippen LogP contribution in [0, 0.1) is 6.92 Å². The molecule has 0 amide bonds. The van der Waals surface area contributed by atoms with Crippen LogP contribution >= 0.6 is 27.5 Å². The molecule has 0 saturated heterocycles. The third-order valence-corrected chi connectivity index (χ3v) is 3.75. The molecule has 0 heterocycles. The molecule has 2 rings (SSSR count). The van der Waals surface area contributed by atoms with Crippen LogP contribution in [0.3, 0.4) is 0 Å². The number of esters is 1. The van der Waals surface area contributed by atoms with Crippen molar-refractivity contribution in [3.05, 3.63) is 63.1 Å². The van der Waals surface area contributed by atoms with E-state index in [1.807, 2.05) is 32.0 Å². The smallest absolute Gasteiger partial charge is 0.336 e. The standard InChI is InChI=1S/C18H16BrClO3/c1-3-22-17-7-5-14(19)11-13(17)4-9-18(21)23-16-8-6-15(20)10-12(16)2/h4-11H,3H2,1-2H3/b9-4+. The quantitative estimate of drug-likeness (QED) is 0.385. The third kappa shape index (κ3) is 5.12. The van der Waals surface area contributed by atoms with Crippen LogP contribution in [0.5, 0.6) is 11.5 Å². The Morgan fingerprint density at radius 1 is 1.22 bits per heavy atom. The normalized spacial score (nSPS) is 10.8. The number of aryl methyl sites for hydroxylation is 1. The minimum absolute atomic E-state index is 0.460. The highest BCUT2D eigenvalue weighted by molar-refractivity contribution is 9.10. The zero-order valence-electron chi connectivity index (χ0n) is 12.8. The monoisotopic (exact) mass is 394 g/mol. The van der Waals surface area contributed by atoms with Crippen molar-refractivity contribution < 1.29 is 14.3 Å². The van der Waals surface area contributed by atoms with Crippen molar-refractivity contribution in [1.29, 1.82) is 0 Å². The van der Waals surface area contributed by atoms with Crippen LogP contribution in [0.2, 0.25) is 5.02 Å². The molecular weight excluding hydrogens is 380 g/mol. The lowest BCUT2D eigenvalue weighted by Crippen LogP contribution is -2.05. The van der Waals surface area contributed by atoms with E-state index in [2.05, 4.69) is 15.9 Å². The molecule has 0 bridgehead atoms. The number of ether oxygens (including phenoxy) is 2. The minimum atomic E-state index is -0.460. The van der Waals surface area contributed by atoms with Gasteiger partial charge in [-0.05, 0) is 61.9 Å². The molecule has 23 heavy (non-hydrogen) atoms. The van der Waals surface area contributed by atoms with Gasteiger partial charge in [-0.25, -0.2) is 4.79 Å². The summed E-state index contributed by atoms with van der Waals surface area (Å²) < 4.78 is 11.8. The van der Waals surface area contributed by atoms with Crippen LogP contribution in [0.15, 0.2) is 46.9 Å². The first-order valence-corrected chi connectivity index (χ1v) is 8.25. The molecular formula is C18H16BrClO3. The van der Waals surface area contributed by atoms with Gasteiger partial charge in [0.2, 0.25) is 0 Å². The van der Waals surface area contributed by atoms with Crippen LogP contribution < -0.4 is 9.47 Å². The molecule has 2 aromatic carbocycles. The minimum Gasteiger partial charge on any atom is -0.493 e. The summed E-state index contributed by atoms with van der Waals surface area (Å²) in [5.74, 6) is 0.739. The van der Waals surface area contributed by atoms with Crippen LogP contribution in [0.4, 0.5) is 0 Å². The molecule has 2 aromatic rings. The largest absolute Gasteiger partial charge is 0.493 e. The van der Waals surface area contributed by atoms with Gasteiger partial charge in [0.15, 0.2) is 0 Å². The maximum absolute atomic E-state index is 12.0. The first-order chi connectivity index (χ1) is 11.0. The number of carbonyl (C=O) groups is 1. The van der Waals surface area contributed by atoms with E-state index in [4.69, 9.17) is 21.1 Å². The summed E-state index contributed by atoms with van der Waals surface area (Å²) in [6, 6.07) is 10.7. The lowest BCUT2D eigenvalue weighted by Gasteiger charge is -2.08. The maximum atomic E-state index is 12.0. The van der Waals surface area contributed by atoms with Gasteiger partial charge in [-0.1, -0.05) is 27.5 Å². The van der Waals surface area contributed by atoms with Crippen LogP contribution in [0.25, 0.3) is 6.08 Å². The predicted octanol–water partition coefficient (Wildman–Crippen LogP) is 5.43. The molecule has 120 valence electrons. The summed E-state index contributed by atoms with van der Waals surface area (Å²) in [6.45, 7) is 4.30. The van der Waals surface area contributed by atoms with Crippen molar-refractivity contribution in [2.75, 3.05) is 6.61 Å². The zero-order valence-corrected chi connectivity index (χ0v) is 15.1. The summed E-state index contributed by atoms with van der Waals surface area (Å²) >= 11 is 9.29. The molecule has 0 atom stereocenters. The molecule has 0 aliphatic heterocycles. The number of benzene rings is 2. The SMILES string of the molecule is CCOc1ccc(Br)cc1/C=C/C(=O)Oc1ccc(Cl)cc1C. The lowest BCUT2D eigenvalue weighted by atomic mass is 10.2. The fraction of sp³-hybridized carbons (Fsp3) is 0.167. The molecule has 0 saturated carbocycles. The fourth-order valence-electron chi connectivity index (χ4n) is 1.96. The summed E-state index contributed by atoms with van der Waals surface area (Å²) in [4.78, 5) is 12.0. The molecule has 0 spiro atoms. The van der Waals surface area contributed by atoms with E-state index in [9.17, 15) is 4.79 Å². The molecule has 0 radical (unpaired) electrons. The molecule has 0 aliphatic carbocycles. The Balaban J connectivity index is 2.13. The van der Waals surface area contributed by atoms with Gasteiger partial charge >= 0.3 is 5.97 Å². The van der Waals surface area contributed by atoms with Gasteiger partial charge in [0, 0.05) is 21.1 Å². The Bertz CT molecular complexity index is 741. The first-order valence-electron chi connectivity index (χ1n) is 7.08. The lowest BCUT2D eigenvalue weighted by molar-refractivity contribution is -0.128. The topological polar surface area (TPSA) is 35.5 Å². The fourth-order valence-corrected chi connectivity index (χ4v) is 2.57. The van der Waals surface area contributed by atoms with Gasteiger partial charge in [-0.2, -0.15) is 0 Å². The Morgan fingerprint density at radius 3 is 2.65 bits per heavy atom. The average Bonchev–Trinajstić information content (AvgIpc) is 2.50. The Morgan fingerprint density at radius 2 is 1.96 bits per heavy atom. The van der Waals surface area contributed by atoms with Crippen LogP contribution in [-0.2, 0) is 4.79 Å². The predicted molar refractivity (Wildman–Crippen MR) is 96.2 cm³/mol. The molecule has 0 aliphatic rings. The van der Waals surface area contributed by atoms with E-state index in [0.717, 1.165) is 15.6 Å². The highest BCUT2D eigenvalue weighted by Gasteiger charge is 2.06. The van der Waals surface area contributed by atoms with Gasteiger partial charge in [-0.15, -0.1) is 0 Å². The molecule has 5 heteroatoms. The average molecular weight is 396 g/mol. The Kier molecular flexibility index (Phi) is 6.25. The van der Waals surface area contributed by atoms with Gasteiger partial charge < -0.3 is 9.47 Å². The number of carbonyl (C=O) groups excluding carboxylic acids is 1. The summed E-state index contributed by atoms with van der Waals surface area (Å²) in [6.07, 6.45) is 3.04. The van der Waals surface area contributed by atoms with E-state index < -0.39 is 5.97 Å². The van der Waals surface area contributed by atoms with Crippen molar-refractivity contribution in [3.8, 4) is 11.5 Å². The van der Waals surface area contributed by atoms with E-state index in [0.29, 0.717) is 23.1 Å². The Hall–Kier alpha value is -1.78. The summed E-state index contributed by atoms with van der Waals surface area (Å²) in [5.41, 5.74) is 1.60. The van der Waals surface area contributed by atoms with Crippen molar-refractivity contribution in [2.45, 2.75) is 13.8 Å². The van der Waals surface area contributed by atoms with E-state index in [1.165, 1.54) is 6.08 Å². The number of rotatable bonds is 5. The second kappa shape index (κ2) is 8.18. The maximum Gasteiger partial charge on any atom is 0.336 e. The highest BCUT2D eigenvalue weighted by Crippen LogP contribution is 2.25. The third-order valence-electron chi connectivity index (χ3n) is 3.02. The highest BCUT2D eigenvalue weighted by atomic mass is 79.9. The summed E-state index contributed by atoms with van der Waals surface area (Å²) in [7, 11) is 0. The molecule has 3 nitrogen and oxygen atoms in total. The Labute approximate surface area is 149 Å². The number of hydrogen-bond acceptors (Lipinski definition) is 3. The van der Waals surface area contributed by atoms with Crippen LogP contribution in [0.1, 0.15) is 18.1 Å². The molecule has 0 aromatic heterocycles. The molecule has 0 fully saturated rings. The summed E-state index contributed by atoms with van der Waals surface area (Å²) in [5, 5.41) is 0.605. The van der Waals surface area contributed by atoms with Gasteiger partial charge in [0.05, 0.1) is 6.61 Å². The first kappa shape index (κ1) is 17.6. The van der Waals surface area contributed by atoms with Crippen molar-refractivity contribution in [2.24, 2.45) is 0 Å². The van der Waals surface area contributed by atoms with Crippen molar-refractivity contribution >= 4 is 39.6 Å². The van der Waals surface area contributed by atoms with E-state index in [-0.39, 0.29) is 0 Å². The molecule has 0 unspecified atom stereocenters. The van der Waals surface area contributed by atoms with E-state index in [1.54, 1.807) is 24.3 Å². The number of hydrogen-bond donors (Lipinski definition) is 0. The second-order valence-electron chi connectivity index (χ2n) is 4.78. The van der Waals surface area contributed by atoms with Crippen LogP contribution in [-0.4, -0.2) is 12.6 Å². The van der Waals surface area contributed by atoms with Gasteiger partial charge in [0.25, 0.3) is 0 Å². The number of halogens is 2. The van der Waals surface area contributed by atoms with E-state index >= 15 is 0 Å². The molecule has 0 N–H and O–H groups in total. The van der Waals surface area contributed by atoms with Gasteiger partial charge in [-0.3, -0.25) is 0 Å². The van der Waals surface area contributed by atoms with Crippen molar-refractivity contribution in [3.63, 3.8) is 0 Å². The zero-order chi connectivity index (χ0) is 16.8. The second-order valence-corrected chi connectivity index (χ2v) is 6.13. The van der Waals surface area contributed by atoms with Gasteiger partial charge in [0.1, 0.15) is 11.5 Å².